The molecule has 0 spiro atoms. The monoisotopic (exact) mass is 364 g/mol. The minimum Gasteiger partial charge on any atom is -0.394 e. The van der Waals surface area contributed by atoms with Crippen LogP contribution < -0.4 is 10.6 Å². The van der Waals surface area contributed by atoms with Crippen molar-refractivity contribution < 1.29 is 4.79 Å². The molecule has 6 heteroatoms. The first-order chi connectivity index (χ1) is 11.9. The zero-order valence-electron chi connectivity index (χ0n) is 15.9. The van der Waals surface area contributed by atoms with E-state index in [2.05, 4.69) is 29.0 Å². The van der Waals surface area contributed by atoms with Gasteiger partial charge in [-0.15, -0.1) is 18.3 Å². The Morgan fingerprint density at radius 3 is 2.76 bits per heavy atom. The van der Waals surface area contributed by atoms with Crippen LogP contribution in [0.3, 0.4) is 0 Å². The molecule has 0 aliphatic carbocycles. The number of amides is 1. The van der Waals surface area contributed by atoms with E-state index in [0.717, 1.165) is 30.7 Å². The average Bonchev–Trinajstić information content (AvgIpc) is 2.96. The van der Waals surface area contributed by atoms with E-state index in [4.69, 9.17) is 5.41 Å². The van der Waals surface area contributed by atoms with Gasteiger partial charge in [0.25, 0.3) is 0 Å². The second-order valence-corrected chi connectivity index (χ2v) is 7.49. The second-order valence-electron chi connectivity index (χ2n) is 6.59. The summed E-state index contributed by atoms with van der Waals surface area (Å²) in [5.74, 6) is 1.32. The van der Waals surface area contributed by atoms with Crippen molar-refractivity contribution in [1.29, 1.82) is 5.41 Å². The summed E-state index contributed by atoms with van der Waals surface area (Å²) in [6.07, 6.45) is 7.45. The largest absolute Gasteiger partial charge is 0.394 e. The van der Waals surface area contributed by atoms with Crippen molar-refractivity contribution in [2.75, 3.05) is 32.9 Å². The molecule has 1 rings (SSSR count). The summed E-state index contributed by atoms with van der Waals surface area (Å²) < 4.78 is 0. The van der Waals surface area contributed by atoms with Gasteiger partial charge in [-0.05, 0) is 30.7 Å². The molecule has 0 radical (unpaired) electrons. The molecule has 0 saturated carbocycles. The van der Waals surface area contributed by atoms with Crippen molar-refractivity contribution in [2.45, 2.75) is 26.7 Å². The Kier molecular flexibility index (Phi) is 8.83. The van der Waals surface area contributed by atoms with Gasteiger partial charge >= 0.3 is 0 Å². The molecule has 0 aromatic carbocycles. The molecule has 25 heavy (non-hydrogen) atoms. The molecule has 2 atom stereocenters. The summed E-state index contributed by atoms with van der Waals surface area (Å²) in [5, 5.41) is 16.4. The first kappa shape index (κ1) is 21.4. The van der Waals surface area contributed by atoms with Crippen LogP contribution in [0.2, 0.25) is 0 Å². The highest BCUT2D eigenvalue weighted by Gasteiger charge is 2.47. The quantitative estimate of drug-likeness (QED) is 0.334. The number of carbonyl (C=O) groups is 1. The van der Waals surface area contributed by atoms with Crippen LogP contribution in [0.15, 0.2) is 35.9 Å². The topological polar surface area (TPSA) is 68.2 Å². The molecule has 1 aliphatic rings. The molecular weight excluding hydrogens is 332 g/mol. The van der Waals surface area contributed by atoms with Gasteiger partial charge in [0, 0.05) is 44.6 Å². The molecule has 5 nitrogen and oxygen atoms in total. The molecule has 1 saturated heterocycles. The lowest BCUT2D eigenvalue weighted by Gasteiger charge is -2.28. The van der Waals surface area contributed by atoms with Gasteiger partial charge in [0.1, 0.15) is 5.84 Å². The number of allylic oxidation sites excluding steroid dienone is 2. The molecule has 2 unspecified atom stereocenters. The number of nitrogens with one attached hydrogen (secondary N) is 3. The molecule has 0 aromatic heterocycles. The third-order valence-corrected chi connectivity index (χ3v) is 5.84. The molecule has 1 amide bonds. The molecule has 1 heterocycles. The standard InChI is InChI=1S/C19H32N4OS/c1-6-8-9-15(7-2)17(20)23-12-16(18(24)22-5)19(3,13-23)14-25-11-10-21-4/h6-7,10-11,16,20-21H,1,8-9,12-14H2,2-5H3,(H,22,24)/b11-10-,15-7+,20-17?. The third kappa shape index (κ3) is 5.66. The second kappa shape index (κ2) is 10.3. The number of hydrogen-bond acceptors (Lipinski definition) is 4. The Hall–Kier alpha value is -1.69. The highest BCUT2D eigenvalue weighted by Crippen LogP contribution is 2.39. The van der Waals surface area contributed by atoms with E-state index < -0.39 is 0 Å². The highest BCUT2D eigenvalue weighted by molar-refractivity contribution is 8.02. The van der Waals surface area contributed by atoms with Crippen LogP contribution in [0.1, 0.15) is 26.7 Å². The molecule has 140 valence electrons. The van der Waals surface area contributed by atoms with Gasteiger partial charge < -0.3 is 15.5 Å². The van der Waals surface area contributed by atoms with Crippen molar-refractivity contribution in [2.24, 2.45) is 11.3 Å². The third-order valence-electron chi connectivity index (χ3n) is 4.69. The number of carbonyl (C=O) groups excluding carboxylic acids is 1. The lowest BCUT2D eigenvalue weighted by Crippen LogP contribution is -2.39. The molecule has 0 aromatic rings. The van der Waals surface area contributed by atoms with Crippen LogP contribution in [0.4, 0.5) is 0 Å². The molecule has 1 aliphatic heterocycles. The number of hydrogen-bond donors (Lipinski definition) is 3. The first-order valence-electron chi connectivity index (χ1n) is 8.69. The lowest BCUT2D eigenvalue weighted by molar-refractivity contribution is -0.126. The van der Waals surface area contributed by atoms with Crippen LogP contribution in [0, 0.1) is 16.7 Å². The van der Waals surface area contributed by atoms with Crippen molar-refractivity contribution in [3.8, 4) is 0 Å². The van der Waals surface area contributed by atoms with E-state index in [-0.39, 0.29) is 17.2 Å². The van der Waals surface area contributed by atoms with Crippen LogP contribution >= 0.6 is 11.8 Å². The normalized spacial score (nSPS) is 23.8. The fourth-order valence-electron chi connectivity index (χ4n) is 3.16. The summed E-state index contributed by atoms with van der Waals surface area (Å²) >= 11 is 1.70. The van der Waals surface area contributed by atoms with Gasteiger partial charge in [-0.25, -0.2) is 0 Å². The minimum atomic E-state index is -0.174. The predicted octanol–water partition coefficient (Wildman–Crippen LogP) is 2.98. The van der Waals surface area contributed by atoms with Crippen molar-refractivity contribution in [3.63, 3.8) is 0 Å². The van der Waals surface area contributed by atoms with Gasteiger partial charge in [0.2, 0.25) is 5.91 Å². The van der Waals surface area contributed by atoms with Crippen molar-refractivity contribution >= 4 is 23.5 Å². The Morgan fingerprint density at radius 1 is 1.48 bits per heavy atom. The van der Waals surface area contributed by atoms with Gasteiger partial charge in [0.15, 0.2) is 0 Å². The summed E-state index contributed by atoms with van der Waals surface area (Å²) in [5.41, 5.74) is 0.842. The summed E-state index contributed by atoms with van der Waals surface area (Å²) in [4.78, 5) is 14.5. The molecule has 1 fully saturated rings. The molecular formula is C19H32N4OS. The van der Waals surface area contributed by atoms with Gasteiger partial charge in [-0.1, -0.05) is 19.1 Å². The molecule has 3 N–H and O–H groups in total. The average molecular weight is 365 g/mol. The van der Waals surface area contributed by atoms with E-state index in [9.17, 15) is 4.79 Å². The Balaban J connectivity index is 2.91. The van der Waals surface area contributed by atoms with E-state index in [1.807, 2.05) is 37.7 Å². The fraction of sp³-hybridized carbons (Fsp3) is 0.579. The number of thioether (sulfide) groups is 1. The van der Waals surface area contributed by atoms with Crippen molar-refractivity contribution in [3.05, 3.63) is 35.9 Å². The number of likely N-dealkylation sites (tertiary alicyclic amines) is 1. The maximum Gasteiger partial charge on any atom is 0.225 e. The Bertz CT molecular complexity index is 544. The molecule has 0 bridgehead atoms. The smallest absolute Gasteiger partial charge is 0.225 e. The first-order valence-corrected chi connectivity index (χ1v) is 9.73. The van der Waals surface area contributed by atoms with Gasteiger partial charge in [0.05, 0.1) is 5.92 Å². The van der Waals surface area contributed by atoms with E-state index in [0.29, 0.717) is 12.4 Å². The van der Waals surface area contributed by atoms with Gasteiger partial charge in [-0.3, -0.25) is 10.2 Å². The van der Waals surface area contributed by atoms with Crippen LogP contribution in [0.5, 0.6) is 0 Å². The number of nitrogens with zero attached hydrogens (tertiary/aromatic N) is 1. The van der Waals surface area contributed by atoms with Crippen LogP contribution in [-0.4, -0.2) is 49.6 Å². The maximum absolute atomic E-state index is 12.4. The summed E-state index contributed by atoms with van der Waals surface area (Å²) in [6, 6.07) is 0. The van der Waals surface area contributed by atoms with Crippen LogP contribution in [0.25, 0.3) is 0 Å². The predicted molar refractivity (Wildman–Crippen MR) is 109 cm³/mol. The minimum absolute atomic E-state index is 0.0594. The summed E-state index contributed by atoms with van der Waals surface area (Å²) in [7, 11) is 3.55. The Labute approximate surface area is 156 Å². The summed E-state index contributed by atoms with van der Waals surface area (Å²) in [6.45, 7) is 9.20. The zero-order chi connectivity index (χ0) is 18.9. The Morgan fingerprint density at radius 2 is 2.20 bits per heavy atom. The van der Waals surface area contributed by atoms with E-state index >= 15 is 0 Å². The SMILES string of the molecule is C=CCC/C(=C\C)C(=N)N1CC(C(=O)NC)C(C)(CS/C=C\NC)C1. The fourth-order valence-corrected chi connectivity index (χ4v) is 4.16. The number of rotatable bonds is 9. The zero-order valence-corrected chi connectivity index (χ0v) is 16.7. The van der Waals surface area contributed by atoms with E-state index in [1.165, 1.54) is 0 Å². The van der Waals surface area contributed by atoms with Crippen molar-refractivity contribution in [1.82, 2.24) is 15.5 Å². The lowest BCUT2D eigenvalue weighted by atomic mass is 9.81. The van der Waals surface area contributed by atoms with Gasteiger partial charge in [-0.2, -0.15) is 0 Å². The van der Waals surface area contributed by atoms with E-state index in [1.54, 1.807) is 18.8 Å². The number of amidine groups is 1. The van der Waals surface area contributed by atoms with Crippen LogP contribution in [-0.2, 0) is 4.79 Å². The highest BCUT2D eigenvalue weighted by atomic mass is 32.2. The maximum atomic E-state index is 12.4.